The van der Waals surface area contributed by atoms with E-state index in [-0.39, 0.29) is 11.0 Å². The molecule has 2 aromatic carbocycles. The summed E-state index contributed by atoms with van der Waals surface area (Å²) in [5, 5.41) is -0.528. The summed E-state index contributed by atoms with van der Waals surface area (Å²) < 4.78 is 18.1. The predicted octanol–water partition coefficient (Wildman–Crippen LogP) is 6.18. The molecule has 0 unspecified atom stereocenters. The normalized spacial score (nSPS) is 14.8. The highest BCUT2D eigenvalue weighted by Gasteiger charge is 2.37. The second-order valence-electron chi connectivity index (χ2n) is 7.43. The number of carbonyl (C=O) groups excluding carboxylic acids is 3. The first kappa shape index (κ1) is 26.3. The lowest BCUT2D eigenvalue weighted by Crippen LogP contribution is -2.35. The van der Waals surface area contributed by atoms with Crippen LogP contribution in [0, 0.1) is 0 Å². The average molecular weight is 613 g/mol. The minimum atomic E-state index is -0.638. The zero-order valence-electron chi connectivity index (χ0n) is 18.8. The first-order valence-electron chi connectivity index (χ1n) is 10.5. The van der Waals surface area contributed by atoms with Gasteiger partial charge in [-0.05, 0) is 87.7 Å². The van der Waals surface area contributed by atoms with Gasteiger partial charge in [0.15, 0.2) is 11.5 Å². The van der Waals surface area contributed by atoms with Crippen LogP contribution in [0.5, 0.6) is 11.5 Å². The van der Waals surface area contributed by atoms with Gasteiger partial charge >= 0.3 is 5.97 Å². The van der Waals surface area contributed by atoms with E-state index in [2.05, 4.69) is 31.9 Å². The topological polar surface area (TPSA) is 82.1 Å². The van der Waals surface area contributed by atoms with E-state index in [1.54, 1.807) is 26.0 Å². The molecule has 0 radical (unpaired) electrons. The Bertz CT molecular complexity index is 1120. The van der Waals surface area contributed by atoms with Crippen molar-refractivity contribution in [3.63, 3.8) is 0 Å². The summed E-state index contributed by atoms with van der Waals surface area (Å²) in [4.78, 5) is 38.2. The summed E-state index contributed by atoms with van der Waals surface area (Å²) >= 11 is 7.87. The molecule has 0 aromatic heterocycles. The molecule has 0 spiro atoms. The fraction of sp³-hybridized carbons (Fsp3) is 0.292. The van der Waals surface area contributed by atoms with Crippen molar-refractivity contribution in [1.29, 1.82) is 0 Å². The standard InChI is InChI=1S/C24H23Br2NO6S/c1-4-31-17-10-16(20(25)21(26)22(17)32-13-15-8-6-5-7-9-15)11-18-23(29)27(24(30)34-18)12-19(28)33-14(2)3/h5-11,14H,4,12-13H2,1-3H3/b18-11-. The van der Waals surface area contributed by atoms with Crippen LogP contribution in [-0.4, -0.2) is 41.3 Å². The van der Waals surface area contributed by atoms with Crippen LogP contribution in [0.4, 0.5) is 4.79 Å². The predicted molar refractivity (Wildman–Crippen MR) is 138 cm³/mol. The van der Waals surface area contributed by atoms with Gasteiger partial charge in [-0.1, -0.05) is 30.3 Å². The number of hydrogen-bond acceptors (Lipinski definition) is 7. The maximum atomic E-state index is 12.8. The Labute approximate surface area is 219 Å². The fourth-order valence-corrected chi connectivity index (χ4v) is 4.82. The number of nitrogens with zero attached hydrogens (tertiary/aromatic N) is 1. The Balaban J connectivity index is 1.87. The van der Waals surface area contributed by atoms with Crippen LogP contribution in [0.15, 0.2) is 50.2 Å². The van der Waals surface area contributed by atoms with Crippen LogP contribution < -0.4 is 9.47 Å². The van der Waals surface area contributed by atoms with Crippen LogP contribution >= 0.6 is 43.6 Å². The molecule has 0 atom stereocenters. The summed E-state index contributed by atoms with van der Waals surface area (Å²) in [6.45, 7) is 5.58. The molecule has 2 aromatic rings. The van der Waals surface area contributed by atoms with Crippen molar-refractivity contribution < 1.29 is 28.6 Å². The molecule has 1 fully saturated rings. The number of thioether (sulfide) groups is 1. The Hall–Kier alpha value is -2.30. The van der Waals surface area contributed by atoms with E-state index in [1.165, 1.54) is 0 Å². The molecule has 2 amide bonds. The molecule has 10 heteroatoms. The number of ether oxygens (including phenoxy) is 3. The zero-order chi connectivity index (χ0) is 24.8. The van der Waals surface area contributed by atoms with Crippen LogP contribution in [0.1, 0.15) is 31.9 Å². The molecular formula is C24H23Br2NO6S. The van der Waals surface area contributed by atoms with E-state index in [4.69, 9.17) is 14.2 Å². The summed E-state index contributed by atoms with van der Waals surface area (Å²) in [6.07, 6.45) is 1.24. The molecule has 1 aliphatic rings. The van der Waals surface area contributed by atoms with Gasteiger partial charge in [-0.2, -0.15) is 0 Å². The number of esters is 1. The molecule has 34 heavy (non-hydrogen) atoms. The SMILES string of the molecule is CCOc1cc(/C=C2\SC(=O)N(CC(=O)OC(C)C)C2=O)c(Br)c(Br)c1OCc1ccccc1. The Morgan fingerprint density at radius 1 is 1.12 bits per heavy atom. The number of hydrogen-bond donors (Lipinski definition) is 0. The number of imide groups is 1. The van der Waals surface area contributed by atoms with E-state index in [9.17, 15) is 14.4 Å². The molecule has 180 valence electrons. The maximum absolute atomic E-state index is 12.8. The van der Waals surface area contributed by atoms with Crippen molar-refractivity contribution >= 4 is 66.8 Å². The van der Waals surface area contributed by atoms with Crippen LogP contribution in [-0.2, 0) is 20.9 Å². The van der Waals surface area contributed by atoms with E-state index in [1.807, 2.05) is 37.3 Å². The van der Waals surface area contributed by atoms with Gasteiger partial charge in [0.25, 0.3) is 11.1 Å². The molecule has 0 saturated carbocycles. The first-order valence-corrected chi connectivity index (χ1v) is 12.9. The highest BCUT2D eigenvalue weighted by Crippen LogP contribution is 2.45. The van der Waals surface area contributed by atoms with Gasteiger partial charge in [0.1, 0.15) is 13.2 Å². The molecule has 0 N–H and O–H groups in total. The van der Waals surface area contributed by atoms with Crippen molar-refractivity contribution in [2.75, 3.05) is 13.2 Å². The average Bonchev–Trinajstić information content (AvgIpc) is 3.04. The van der Waals surface area contributed by atoms with E-state index < -0.39 is 23.7 Å². The van der Waals surface area contributed by atoms with E-state index in [0.29, 0.717) is 39.2 Å². The molecule has 0 aliphatic carbocycles. The molecule has 0 bridgehead atoms. The number of carbonyl (C=O) groups is 3. The quantitative estimate of drug-likeness (QED) is 0.247. The molecular weight excluding hydrogens is 590 g/mol. The number of halogens is 2. The zero-order valence-corrected chi connectivity index (χ0v) is 22.8. The lowest BCUT2D eigenvalue weighted by molar-refractivity contribution is -0.149. The third kappa shape index (κ3) is 6.43. The second kappa shape index (κ2) is 11.9. The Morgan fingerprint density at radius 2 is 1.82 bits per heavy atom. The van der Waals surface area contributed by atoms with Gasteiger partial charge in [-0.25, -0.2) is 0 Å². The maximum Gasteiger partial charge on any atom is 0.326 e. The van der Waals surface area contributed by atoms with Crippen molar-refractivity contribution in [2.45, 2.75) is 33.5 Å². The summed E-state index contributed by atoms with van der Waals surface area (Å²) in [5.41, 5.74) is 1.61. The third-order valence-electron chi connectivity index (χ3n) is 4.50. The largest absolute Gasteiger partial charge is 0.490 e. The molecule has 7 nitrogen and oxygen atoms in total. The van der Waals surface area contributed by atoms with Gasteiger partial charge in [0.05, 0.1) is 22.1 Å². The van der Waals surface area contributed by atoms with Crippen molar-refractivity contribution in [3.8, 4) is 11.5 Å². The highest BCUT2D eigenvalue weighted by atomic mass is 79.9. The van der Waals surface area contributed by atoms with Gasteiger partial charge in [-0.15, -0.1) is 0 Å². The highest BCUT2D eigenvalue weighted by molar-refractivity contribution is 9.13. The van der Waals surface area contributed by atoms with Gasteiger partial charge < -0.3 is 14.2 Å². The van der Waals surface area contributed by atoms with Gasteiger partial charge in [-0.3, -0.25) is 19.3 Å². The summed E-state index contributed by atoms with van der Waals surface area (Å²) in [6, 6.07) is 11.5. The third-order valence-corrected chi connectivity index (χ3v) is 7.55. The molecule has 3 rings (SSSR count). The first-order chi connectivity index (χ1) is 16.2. The second-order valence-corrected chi connectivity index (χ2v) is 10.0. The molecule has 1 heterocycles. The minimum Gasteiger partial charge on any atom is -0.490 e. The molecule has 1 saturated heterocycles. The number of benzene rings is 2. The van der Waals surface area contributed by atoms with E-state index >= 15 is 0 Å². The van der Waals surface area contributed by atoms with Crippen molar-refractivity contribution in [3.05, 3.63) is 61.4 Å². The van der Waals surface area contributed by atoms with Gasteiger partial charge in [0.2, 0.25) is 0 Å². The summed E-state index contributed by atoms with van der Waals surface area (Å²) in [5.74, 6) is -0.194. The smallest absolute Gasteiger partial charge is 0.326 e. The lowest BCUT2D eigenvalue weighted by atomic mass is 10.1. The van der Waals surface area contributed by atoms with Crippen molar-refractivity contribution in [1.82, 2.24) is 4.90 Å². The fourth-order valence-electron chi connectivity index (χ4n) is 3.04. The monoisotopic (exact) mass is 611 g/mol. The van der Waals surface area contributed by atoms with E-state index in [0.717, 1.165) is 22.2 Å². The van der Waals surface area contributed by atoms with Crippen LogP contribution in [0.2, 0.25) is 0 Å². The Kier molecular flexibility index (Phi) is 9.21. The lowest BCUT2D eigenvalue weighted by Gasteiger charge is -2.17. The van der Waals surface area contributed by atoms with Gasteiger partial charge in [0, 0.05) is 4.47 Å². The number of rotatable bonds is 9. The Morgan fingerprint density at radius 3 is 2.47 bits per heavy atom. The minimum absolute atomic E-state index is 0.190. The summed E-state index contributed by atoms with van der Waals surface area (Å²) in [7, 11) is 0. The van der Waals surface area contributed by atoms with Crippen LogP contribution in [0.3, 0.4) is 0 Å². The molecule has 1 aliphatic heterocycles. The number of amides is 2. The van der Waals surface area contributed by atoms with Crippen LogP contribution in [0.25, 0.3) is 6.08 Å². The van der Waals surface area contributed by atoms with Crippen molar-refractivity contribution in [2.24, 2.45) is 0 Å².